The number of hydrogen-bond acceptors (Lipinski definition) is 4. The Bertz CT molecular complexity index is 357. The van der Waals surface area contributed by atoms with E-state index in [1.54, 1.807) is 25.7 Å². The number of aliphatic hydroxyl groups is 1. The van der Waals surface area contributed by atoms with Crippen molar-refractivity contribution in [1.82, 2.24) is 10.2 Å². The fraction of sp³-hybridized carbons (Fsp3) is 0.867. The van der Waals surface area contributed by atoms with Crippen molar-refractivity contribution < 1.29 is 19.4 Å². The molecule has 21 heavy (non-hydrogen) atoms. The van der Waals surface area contributed by atoms with E-state index in [-0.39, 0.29) is 18.9 Å². The molecule has 1 fully saturated rings. The summed E-state index contributed by atoms with van der Waals surface area (Å²) in [6.45, 7) is 9.13. The van der Waals surface area contributed by atoms with Gasteiger partial charge in [0.1, 0.15) is 11.7 Å². The summed E-state index contributed by atoms with van der Waals surface area (Å²) in [5.74, 6) is 0.396. The van der Waals surface area contributed by atoms with Gasteiger partial charge >= 0.3 is 6.09 Å². The molecule has 0 radical (unpaired) electrons. The van der Waals surface area contributed by atoms with Crippen molar-refractivity contribution >= 4 is 12.0 Å². The van der Waals surface area contributed by atoms with E-state index >= 15 is 0 Å². The first-order chi connectivity index (χ1) is 9.69. The maximum absolute atomic E-state index is 12.0. The molecule has 122 valence electrons. The summed E-state index contributed by atoms with van der Waals surface area (Å²) >= 11 is 0. The van der Waals surface area contributed by atoms with Gasteiger partial charge in [-0.2, -0.15) is 0 Å². The van der Waals surface area contributed by atoms with Crippen molar-refractivity contribution in [3.63, 3.8) is 0 Å². The van der Waals surface area contributed by atoms with Gasteiger partial charge in [-0.15, -0.1) is 0 Å². The van der Waals surface area contributed by atoms with Crippen molar-refractivity contribution in [1.29, 1.82) is 0 Å². The predicted octanol–water partition coefficient (Wildman–Crippen LogP) is 1.52. The molecule has 0 aromatic rings. The number of hydrogen-bond donors (Lipinski definition) is 2. The van der Waals surface area contributed by atoms with Crippen LogP contribution in [0.15, 0.2) is 0 Å². The Morgan fingerprint density at radius 1 is 1.33 bits per heavy atom. The fourth-order valence-electron chi connectivity index (χ4n) is 2.19. The summed E-state index contributed by atoms with van der Waals surface area (Å²) in [6, 6.07) is 0. The summed E-state index contributed by atoms with van der Waals surface area (Å²) in [5, 5.41) is 12.4. The number of piperidine rings is 1. The van der Waals surface area contributed by atoms with E-state index in [1.165, 1.54) is 0 Å². The molecule has 0 spiro atoms. The highest BCUT2D eigenvalue weighted by atomic mass is 16.6. The summed E-state index contributed by atoms with van der Waals surface area (Å²) < 4.78 is 5.08. The molecule has 1 aliphatic rings. The SMILES string of the molecule is CC1CCN(C(=O)C(O)CCNC(=O)OC(C)(C)C)CC1. The van der Waals surface area contributed by atoms with Gasteiger partial charge in [-0.3, -0.25) is 4.79 Å². The highest BCUT2D eigenvalue weighted by Crippen LogP contribution is 2.17. The Balaban J connectivity index is 2.25. The van der Waals surface area contributed by atoms with E-state index in [1.807, 2.05) is 0 Å². The van der Waals surface area contributed by atoms with E-state index in [2.05, 4.69) is 12.2 Å². The number of alkyl carbamates (subject to hydrolysis) is 1. The molecule has 6 nitrogen and oxygen atoms in total. The van der Waals surface area contributed by atoms with Gasteiger partial charge in [-0.25, -0.2) is 4.79 Å². The zero-order valence-corrected chi connectivity index (χ0v) is 13.5. The standard InChI is InChI=1S/C15H28N2O4/c1-11-6-9-17(10-7-11)13(19)12(18)5-8-16-14(20)21-15(2,3)4/h11-12,18H,5-10H2,1-4H3,(H,16,20). The van der Waals surface area contributed by atoms with Gasteiger partial charge in [0.25, 0.3) is 5.91 Å². The van der Waals surface area contributed by atoms with Crippen LogP contribution in [0.4, 0.5) is 4.79 Å². The number of amides is 2. The number of nitrogens with zero attached hydrogens (tertiary/aromatic N) is 1. The maximum Gasteiger partial charge on any atom is 0.407 e. The number of ether oxygens (including phenoxy) is 1. The van der Waals surface area contributed by atoms with Crippen molar-refractivity contribution in [2.24, 2.45) is 5.92 Å². The van der Waals surface area contributed by atoms with E-state index in [4.69, 9.17) is 4.74 Å². The normalized spacial score (nSPS) is 18.2. The van der Waals surface area contributed by atoms with Crippen LogP contribution in [-0.2, 0) is 9.53 Å². The summed E-state index contributed by atoms with van der Waals surface area (Å²) in [7, 11) is 0. The van der Waals surface area contributed by atoms with Gasteiger partial charge in [-0.1, -0.05) is 6.92 Å². The van der Waals surface area contributed by atoms with E-state index in [9.17, 15) is 14.7 Å². The van der Waals surface area contributed by atoms with E-state index in [0.29, 0.717) is 19.0 Å². The monoisotopic (exact) mass is 300 g/mol. The summed E-state index contributed by atoms with van der Waals surface area (Å²) in [5.41, 5.74) is -0.553. The number of rotatable bonds is 4. The van der Waals surface area contributed by atoms with Crippen LogP contribution in [-0.4, -0.2) is 53.3 Å². The lowest BCUT2D eigenvalue weighted by atomic mass is 9.99. The van der Waals surface area contributed by atoms with Gasteiger partial charge in [0, 0.05) is 19.6 Å². The predicted molar refractivity (Wildman–Crippen MR) is 79.8 cm³/mol. The first-order valence-electron chi connectivity index (χ1n) is 7.63. The lowest BCUT2D eigenvalue weighted by Crippen LogP contribution is -2.44. The molecule has 1 unspecified atom stereocenters. The molecule has 1 saturated heterocycles. The molecule has 2 N–H and O–H groups in total. The average Bonchev–Trinajstić information content (AvgIpc) is 2.36. The molecule has 0 aliphatic carbocycles. The Kier molecular flexibility index (Phi) is 6.45. The number of nitrogens with one attached hydrogen (secondary N) is 1. The molecule has 1 heterocycles. The summed E-state index contributed by atoms with van der Waals surface area (Å²) in [4.78, 5) is 25.2. The minimum absolute atomic E-state index is 0.199. The molecular weight excluding hydrogens is 272 g/mol. The molecule has 0 aromatic carbocycles. The number of likely N-dealkylation sites (tertiary alicyclic amines) is 1. The van der Waals surface area contributed by atoms with Crippen LogP contribution in [0.2, 0.25) is 0 Å². The lowest BCUT2D eigenvalue weighted by Gasteiger charge is -2.31. The highest BCUT2D eigenvalue weighted by molar-refractivity contribution is 5.80. The Labute approximate surface area is 126 Å². The van der Waals surface area contributed by atoms with Crippen LogP contribution in [0, 0.1) is 5.92 Å². The average molecular weight is 300 g/mol. The molecule has 0 saturated carbocycles. The van der Waals surface area contributed by atoms with Crippen LogP contribution in [0.5, 0.6) is 0 Å². The quantitative estimate of drug-likeness (QED) is 0.825. The van der Waals surface area contributed by atoms with Gasteiger partial charge in [0.15, 0.2) is 0 Å². The Hall–Kier alpha value is -1.30. The second-order valence-electron chi connectivity index (χ2n) is 6.74. The first kappa shape index (κ1) is 17.8. The van der Waals surface area contributed by atoms with Gasteiger partial charge in [0.05, 0.1) is 0 Å². The highest BCUT2D eigenvalue weighted by Gasteiger charge is 2.25. The zero-order chi connectivity index (χ0) is 16.0. The summed E-state index contributed by atoms with van der Waals surface area (Å²) in [6.07, 6.45) is 0.565. The largest absolute Gasteiger partial charge is 0.444 e. The van der Waals surface area contributed by atoms with Gasteiger partial charge in [-0.05, 0) is 46.0 Å². The molecule has 1 atom stereocenters. The Morgan fingerprint density at radius 2 is 1.90 bits per heavy atom. The number of carbonyl (C=O) groups is 2. The topological polar surface area (TPSA) is 78.9 Å². The second kappa shape index (κ2) is 7.64. The third-order valence-corrected chi connectivity index (χ3v) is 3.47. The smallest absolute Gasteiger partial charge is 0.407 e. The molecule has 0 bridgehead atoms. The van der Waals surface area contributed by atoms with Crippen LogP contribution < -0.4 is 5.32 Å². The minimum Gasteiger partial charge on any atom is -0.444 e. The van der Waals surface area contributed by atoms with E-state index in [0.717, 1.165) is 12.8 Å². The molecule has 0 aromatic heterocycles. The van der Waals surface area contributed by atoms with Crippen LogP contribution in [0.25, 0.3) is 0 Å². The minimum atomic E-state index is -1.06. The van der Waals surface area contributed by atoms with Crippen LogP contribution in [0.3, 0.4) is 0 Å². The molecule has 6 heteroatoms. The van der Waals surface area contributed by atoms with Gasteiger partial charge < -0.3 is 20.1 Å². The van der Waals surface area contributed by atoms with Crippen molar-refractivity contribution in [3.8, 4) is 0 Å². The van der Waals surface area contributed by atoms with E-state index < -0.39 is 17.8 Å². The zero-order valence-electron chi connectivity index (χ0n) is 13.5. The number of aliphatic hydroxyl groups excluding tert-OH is 1. The van der Waals surface area contributed by atoms with Crippen LogP contribution in [0.1, 0.15) is 47.0 Å². The third-order valence-electron chi connectivity index (χ3n) is 3.47. The van der Waals surface area contributed by atoms with Gasteiger partial charge in [0.2, 0.25) is 0 Å². The molecule has 2 amide bonds. The third kappa shape index (κ3) is 6.80. The molecule has 1 aliphatic heterocycles. The van der Waals surface area contributed by atoms with Crippen molar-refractivity contribution in [3.05, 3.63) is 0 Å². The fourth-order valence-corrected chi connectivity index (χ4v) is 2.19. The Morgan fingerprint density at radius 3 is 2.43 bits per heavy atom. The molecule has 1 rings (SSSR count). The van der Waals surface area contributed by atoms with Crippen molar-refractivity contribution in [2.75, 3.05) is 19.6 Å². The second-order valence-corrected chi connectivity index (χ2v) is 6.74. The molecular formula is C15H28N2O4. The van der Waals surface area contributed by atoms with Crippen LogP contribution >= 0.6 is 0 Å². The van der Waals surface area contributed by atoms with Crippen molar-refractivity contribution in [2.45, 2.75) is 58.7 Å². The first-order valence-corrected chi connectivity index (χ1v) is 7.63. The lowest BCUT2D eigenvalue weighted by molar-refractivity contribution is -0.141. The maximum atomic E-state index is 12.0. The number of carbonyl (C=O) groups excluding carboxylic acids is 2.